The molecule has 0 fully saturated rings. The van der Waals surface area contributed by atoms with E-state index < -0.39 is 22.8 Å². The Morgan fingerprint density at radius 1 is 1.36 bits per heavy atom. The van der Waals surface area contributed by atoms with Crippen LogP contribution in [-0.2, 0) is 7.05 Å². The smallest absolute Gasteiger partial charge is 0.342 e. The molecule has 0 spiro atoms. The van der Waals surface area contributed by atoms with Gasteiger partial charge < -0.3 is 9.84 Å². The van der Waals surface area contributed by atoms with Gasteiger partial charge >= 0.3 is 11.7 Å². The van der Waals surface area contributed by atoms with Crippen molar-refractivity contribution in [1.82, 2.24) is 9.13 Å². The van der Waals surface area contributed by atoms with Crippen molar-refractivity contribution in [2.45, 2.75) is 13.8 Å². The largest absolute Gasteiger partial charge is 0.492 e. The van der Waals surface area contributed by atoms with E-state index in [2.05, 4.69) is 0 Å². The van der Waals surface area contributed by atoms with Gasteiger partial charge in [-0.3, -0.25) is 13.9 Å². The maximum Gasteiger partial charge on any atom is 0.342 e. The third-order valence-electron chi connectivity index (χ3n) is 3.45. The Hall–Kier alpha value is -3.34. The van der Waals surface area contributed by atoms with Crippen LogP contribution in [-0.4, -0.2) is 26.8 Å². The summed E-state index contributed by atoms with van der Waals surface area (Å²) in [6.45, 7) is 4.37. The molecule has 1 aromatic heterocycles. The van der Waals surface area contributed by atoms with Gasteiger partial charge in [0.1, 0.15) is 17.4 Å². The van der Waals surface area contributed by atoms with E-state index >= 15 is 0 Å². The minimum Gasteiger partial charge on any atom is -0.492 e. The van der Waals surface area contributed by atoms with Gasteiger partial charge in [-0.05, 0) is 24.1 Å². The fourth-order valence-corrected chi connectivity index (χ4v) is 2.14. The van der Waals surface area contributed by atoms with Gasteiger partial charge in [0, 0.05) is 13.2 Å². The summed E-state index contributed by atoms with van der Waals surface area (Å²) in [6.07, 6.45) is 0.956. The van der Waals surface area contributed by atoms with Crippen LogP contribution in [0.3, 0.4) is 0 Å². The van der Waals surface area contributed by atoms with Crippen molar-refractivity contribution in [3.8, 4) is 17.5 Å². The number of hydrogen-bond donors (Lipinski definition) is 1. The fraction of sp³-hybridized carbons (Fsp3) is 0.294. The first-order valence-corrected chi connectivity index (χ1v) is 7.49. The molecule has 2 aromatic rings. The molecule has 0 unspecified atom stereocenters. The summed E-state index contributed by atoms with van der Waals surface area (Å²) >= 11 is 0. The Balaban J connectivity index is 2.60. The van der Waals surface area contributed by atoms with Crippen LogP contribution in [0.1, 0.15) is 29.8 Å². The number of carboxylic acids is 1. The van der Waals surface area contributed by atoms with Gasteiger partial charge in [-0.1, -0.05) is 13.8 Å². The number of rotatable bonds is 5. The van der Waals surface area contributed by atoms with Gasteiger partial charge in [-0.15, -0.1) is 0 Å². The van der Waals surface area contributed by atoms with E-state index in [1.54, 1.807) is 0 Å². The average Bonchev–Trinajstić information content (AvgIpc) is 2.57. The SMILES string of the molecule is CC(C)COc1ccc(-n2cc(C(=O)O)c(=O)n(C)c2=O)cc1C#N. The van der Waals surface area contributed by atoms with E-state index in [9.17, 15) is 19.6 Å². The molecule has 8 nitrogen and oxygen atoms in total. The van der Waals surface area contributed by atoms with Crippen LogP contribution < -0.4 is 16.0 Å². The van der Waals surface area contributed by atoms with E-state index in [0.717, 1.165) is 10.8 Å². The molecule has 1 N–H and O–H groups in total. The highest BCUT2D eigenvalue weighted by molar-refractivity contribution is 5.86. The summed E-state index contributed by atoms with van der Waals surface area (Å²) in [5.41, 5.74) is -1.69. The third kappa shape index (κ3) is 3.61. The lowest BCUT2D eigenvalue weighted by atomic mass is 10.2. The Labute approximate surface area is 143 Å². The molecule has 0 bridgehead atoms. The lowest BCUT2D eigenvalue weighted by Crippen LogP contribution is -2.40. The second-order valence-corrected chi connectivity index (χ2v) is 5.86. The zero-order chi connectivity index (χ0) is 18.7. The van der Waals surface area contributed by atoms with E-state index in [1.165, 1.54) is 25.2 Å². The van der Waals surface area contributed by atoms with Gasteiger partial charge in [0.2, 0.25) is 0 Å². The summed E-state index contributed by atoms with van der Waals surface area (Å²) in [7, 11) is 1.19. The molecule has 0 saturated heterocycles. The van der Waals surface area contributed by atoms with Gasteiger partial charge in [0.15, 0.2) is 0 Å². The summed E-state index contributed by atoms with van der Waals surface area (Å²) in [5, 5.41) is 18.4. The van der Waals surface area contributed by atoms with Crippen LogP contribution in [0.4, 0.5) is 0 Å². The second kappa shape index (κ2) is 7.05. The molecule has 130 valence electrons. The maximum absolute atomic E-state index is 12.3. The number of hydrogen-bond acceptors (Lipinski definition) is 5. The molecule has 0 aliphatic rings. The van der Waals surface area contributed by atoms with E-state index in [-0.39, 0.29) is 17.2 Å². The lowest BCUT2D eigenvalue weighted by molar-refractivity contribution is 0.0693. The van der Waals surface area contributed by atoms with Crippen LogP contribution in [0.25, 0.3) is 5.69 Å². The van der Waals surface area contributed by atoms with Crippen molar-refractivity contribution >= 4 is 5.97 Å². The Morgan fingerprint density at radius 3 is 2.60 bits per heavy atom. The molecular formula is C17H17N3O5. The van der Waals surface area contributed by atoms with Crippen molar-refractivity contribution in [2.24, 2.45) is 13.0 Å². The summed E-state index contributed by atoms with van der Waals surface area (Å²) < 4.78 is 7.27. The molecule has 0 aliphatic heterocycles. The normalized spacial score (nSPS) is 10.5. The fourth-order valence-electron chi connectivity index (χ4n) is 2.14. The van der Waals surface area contributed by atoms with Crippen molar-refractivity contribution in [1.29, 1.82) is 5.26 Å². The van der Waals surface area contributed by atoms with E-state index in [0.29, 0.717) is 16.9 Å². The third-order valence-corrected chi connectivity index (χ3v) is 3.45. The van der Waals surface area contributed by atoms with E-state index in [4.69, 9.17) is 9.84 Å². The monoisotopic (exact) mass is 343 g/mol. The number of aromatic nitrogens is 2. The van der Waals surface area contributed by atoms with Crippen LogP contribution in [0.5, 0.6) is 5.75 Å². The van der Waals surface area contributed by atoms with Crippen LogP contribution >= 0.6 is 0 Å². The van der Waals surface area contributed by atoms with Gasteiger partial charge in [-0.2, -0.15) is 5.26 Å². The molecule has 0 saturated carbocycles. The first-order chi connectivity index (χ1) is 11.8. The highest BCUT2D eigenvalue weighted by Crippen LogP contribution is 2.21. The number of nitrogens with zero attached hydrogens (tertiary/aromatic N) is 3. The molecule has 8 heteroatoms. The Kier molecular flexibility index (Phi) is 5.08. The quantitative estimate of drug-likeness (QED) is 0.871. The zero-order valence-corrected chi connectivity index (χ0v) is 14.0. The van der Waals surface area contributed by atoms with E-state index in [1.807, 2.05) is 19.9 Å². The standard InChI is InChI=1S/C17H17N3O5/c1-10(2)9-25-14-5-4-12(6-11(14)7-18)20-8-13(16(22)23)15(21)19(3)17(20)24/h4-6,8,10H,9H2,1-3H3,(H,22,23). The summed E-state index contributed by atoms with van der Waals surface area (Å²) in [6, 6.07) is 6.45. The molecule has 2 rings (SSSR count). The minimum absolute atomic E-state index is 0.204. The van der Waals surface area contributed by atoms with Crippen molar-refractivity contribution in [3.05, 3.63) is 56.4 Å². The number of carbonyl (C=O) groups is 1. The van der Waals surface area contributed by atoms with Gasteiger partial charge in [0.05, 0.1) is 17.9 Å². The Morgan fingerprint density at radius 2 is 2.04 bits per heavy atom. The van der Waals surface area contributed by atoms with Crippen molar-refractivity contribution < 1.29 is 14.6 Å². The minimum atomic E-state index is -1.44. The second-order valence-electron chi connectivity index (χ2n) is 5.86. The number of carboxylic acid groups (broad SMARTS) is 1. The average molecular weight is 343 g/mol. The van der Waals surface area contributed by atoms with Crippen molar-refractivity contribution in [3.63, 3.8) is 0 Å². The summed E-state index contributed by atoms with van der Waals surface area (Å²) in [4.78, 5) is 35.3. The molecule has 0 amide bonds. The molecular weight excluding hydrogens is 326 g/mol. The number of ether oxygens (including phenoxy) is 1. The molecule has 0 radical (unpaired) electrons. The molecule has 1 aromatic carbocycles. The molecule has 0 atom stereocenters. The Bertz CT molecular complexity index is 979. The molecule has 25 heavy (non-hydrogen) atoms. The van der Waals surface area contributed by atoms with Crippen LogP contribution in [0.15, 0.2) is 34.0 Å². The molecule has 0 aliphatic carbocycles. The zero-order valence-electron chi connectivity index (χ0n) is 14.0. The topological polar surface area (TPSA) is 114 Å². The van der Waals surface area contributed by atoms with Gasteiger partial charge in [-0.25, -0.2) is 9.59 Å². The van der Waals surface area contributed by atoms with Crippen molar-refractivity contribution in [2.75, 3.05) is 6.61 Å². The highest BCUT2D eigenvalue weighted by atomic mass is 16.5. The maximum atomic E-state index is 12.3. The van der Waals surface area contributed by atoms with Crippen LogP contribution in [0, 0.1) is 17.2 Å². The number of nitriles is 1. The highest BCUT2D eigenvalue weighted by Gasteiger charge is 2.16. The number of benzene rings is 1. The van der Waals surface area contributed by atoms with Crippen LogP contribution in [0.2, 0.25) is 0 Å². The molecule has 1 heterocycles. The lowest BCUT2D eigenvalue weighted by Gasteiger charge is -2.13. The predicted molar refractivity (Wildman–Crippen MR) is 89.3 cm³/mol. The first-order valence-electron chi connectivity index (χ1n) is 7.49. The predicted octanol–water partition coefficient (Wildman–Crippen LogP) is 1.14. The van der Waals surface area contributed by atoms with Gasteiger partial charge in [0.25, 0.3) is 5.56 Å². The first kappa shape index (κ1) is 18.0. The summed E-state index contributed by atoms with van der Waals surface area (Å²) in [5.74, 6) is -0.793. The number of aromatic carboxylic acids is 1.